The molecule has 1 saturated carbocycles. The number of carbonyl (C=O) groups is 1. The third-order valence-electron chi connectivity index (χ3n) is 4.46. The lowest BCUT2D eigenvalue weighted by molar-refractivity contribution is -0.122. The molecule has 1 heterocycles. The fraction of sp³-hybridized carbons (Fsp3) is 0.143. The molecule has 0 radical (unpaired) electrons. The van der Waals surface area contributed by atoms with Gasteiger partial charge in [-0.25, -0.2) is 5.43 Å². The Morgan fingerprint density at radius 1 is 1.12 bits per heavy atom. The zero-order valence-corrected chi connectivity index (χ0v) is 14.7. The molecule has 2 atom stereocenters. The lowest BCUT2D eigenvalue weighted by atomic mass is 10.1. The Bertz CT molecular complexity index is 949. The van der Waals surface area contributed by atoms with Gasteiger partial charge < -0.3 is 4.42 Å². The number of rotatable bonds is 5. The van der Waals surface area contributed by atoms with E-state index in [1.165, 1.54) is 11.8 Å². The average Bonchev–Trinajstić information content (AvgIpc) is 3.33. The maximum absolute atomic E-state index is 12.2. The molecule has 1 fully saturated rings. The zero-order chi connectivity index (χ0) is 17.9. The topological polar surface area (TPSA) is 54.6 Å². The van der Waals surface area contributed by atoms with Crippen LogP contribution in [0.3, 0.4) is 0 Å². The molecule has 0 spiro atoms. The number of carbonyl (C=O) groups excluding carboxylic acids is 1. The number of halogens is 1. The van der Waals surface area contributed by atoms with Gasteiger partial charge in [-0.15, -0.1) is 0 Å². The molecule has 4 rings (SSSR count). The molecule has 4 nitrogen and oxygen atoms in total. The molecule has 26 heavy (non-hydrogen) atoms. The predicted octanol–water partition coefficient (Wildman–Crippen LogP) is 4.85. The first-order chi connectivity index (χ1) is 12.7. The van der Waals surface area contributed by atoms with E-state index < -0.39 is 0 Å². The molecule has 1 aromatic heterocycles. The van der Waals surface area contributed by atoms with Crippen molar-refractivity contribution in [3.8, 4) is 11.3 Å². The van der Waals surface area contributed by atoms with Crippen LogP contribution in [-0.4, -0.2) is 12.1 Å². The van der Waals surface area contributed by atoms with Crippen molar-refractivity contribution in [2.24, 2.45) is 11.0 Å². The van der Waals surface area contributed by atoms with Gasteiger partial charge in [0.25, 0.3) is 0 Å². The lowest BCUT2D eigenvalue weighted by Crippen LogP contribution is -2.20. The van der Waals surface area contributed by atoms with E-state index in [1.54, 1.807) is 6.07 Å². The van der Waals surface area contributed by atoms with Gasteiger partial charge in [-0.1, -0.05) is 54.1 Å². The summed E-state index contributed by atoms with van der Waals surface area (Å²) in [6.07, 6.45) is 2.37. The molecule has 2 unspecified atom stereocenters. The van der Waals surface area contributed by atoms with Crippen LogP contribution in [0.5, 0.6) is 0 Å². The van der Waals surface area contributed by atoms with Crippen LogP contribution in [0, 0.1) is 5.92 Å². The molecule has 0 bridgehead atoms. The summed E-state index contributed by atoms with van der Waals surface area (Å²) in [5, 5.41) is 4.66. The van der Waals surface area contributed by atoms with Crippen LogP contribution in [-0.2, 0) is 4.79 Å². The highest BCUT2D eigenvalue weighted by Crippen LogP contribution is 2.47. The summed E-state index contributed by atoms with van der Waals surface area (Å²) in [5.41, 5.74) is 4.70. The van der Waals surface area contributed by atoms with E-state index in [0.29, 0.717) is 22.5 Å². The van der Waals surface area contributed by atoms with E-state index in [0.717, 1.165) is 12.0 Å². The number of furan rings is 1. The summed E-state index contributed by atoms with van der Waals surface area (Å²) in [6, 6.07) is 21.2. The van der Waals surface area contributed by atoms with Crippen LogP contribution >= 0.6 is 11.6 Å². The predicted molar refractivity (Wildman–Crippen MR) is 102 cm³/mol. The molecule has 3 aromatic rings. The lowest BCUT2D eigenvalue weighted by Gasteiger charge is -1.99. The van der Waals surface area contributed by atoms with Crippen molar-refractivity contribution in [2.75, 3.05) is 0 Å². The Morgan fingerprint density at radius 2 is 1.96 bits per heavy atom. The van der Waals surface area contributed by atoms with Crippen molar-refractivity contribution in [3.63, 3.8) is 0 Å². The van der Waals surface area contributed by atoms with E-state index >= 15 is 0 Å². The third-order valence-corrected chi connectivity index (χ3v) is 4.69. The molecule has 1 amide bonds. The molecule has 1 aliphatic carbocycles. The first-order valence-corrected chi connectivity index (χ1v) is 8.82. The summed E-state index contributed by atoms with van der Waals surface area (Å²) in [7, 11) is 0. The minimum absolute atomic E-state index is 0.00632. The zero-order valence-electron chi connectivity index (χ0n) is 13.9. The van der Waals surface area contributed by atoms with Gasteiger partial charge in [-0.2, -0.15) is 5.10 Å². The normalized spacial score (nSPS) is 18.8. The minimum Gasteiger partial charge on any atom is -0.455 e. The second-order valence-electron chi connectivity index (χ2n) is 6.31. The van der Waals surface area contributed by atoms with Crippen molar-refractivity contribution < 1.29 is 9.21 Å². The first-order valence-electron chi connectivity index (χ1n) is 8.44. The Morgan fingerprint density at radius 3 is 2.77 bits per heavy atom. The van der Waals surface area contributed by atoms with Gasteiger partial charge in [0.2, 0.25) is 5.91 Å². The summed E-state index contributed by atoms with van der Waals surface area (Å²) < 4.78 is 5.71. The number of nitrogens with zero attached hydrogens (tertiary/aromatic N) is 1. The smallest absolute Gasteiger partial charge is 0.243 e. The van der Waals surface area contributed by atoms with E-state index in [9.17, 15) is 4.79 Å². The fourth-order valence-electron chi connectivity index (χ4n) is 3.01. The van der Waals surface area contributed by atoms with Crippen LogP contribution < -0.4 is 5.43 Å². The molecule has 0 saturated heterocycles. The number of amides is 1. The Labute approximate surface area is 156 Å². The SMILES string of the molecule is O=C(NN=Cc1ccc(-c2cccc(Cl)c2)o1)C1CC1c1ccccc1. The van der Waals surface area contributed by atoms with E-state index in [4.69, 9.17) is 16.0 Å². The molecule has 0 aliphatic heterocycles. The molecular formula is C21H17ClN2O2. The van der Waals surface area contributed by atoms with Gasteiger partial charge in [-0.3, -0.25) is 4.79 Å². The van der Waals surface area contributed by atoms with Crippen LogP contribution in [0.1, 0.15) is 23.7 Å². The van der Waals surface area contributed by atoms with Crippen molar-refractivity contribution in [3.05, 3.63) is 83.1 Å². The van der Waals surface area contributed by atoms with Crippen molar-refractivity contribution in [2.45, 2.75) is 12.3 Å². The van der Waals surface area contributed by atoms with Gasteiger partial charge >= 0.3 is 0 Å². The van der Waals surface area contributed by atoms with E-state index in [2.05, 4.69) is 22.7 Å². The van der Waals surface area contributed by atoms with Crippen LogP contribution in [0.15, 0.2) is 76.2 Å². The van der Waals surface area contributed by atoms with Gasteiger partial charge in [0.05, 0.1) is 6.21 Å². The summed E-state index contributed by atoms with van der Waals surface area (Å²) in [4.78, 5) is 12.2. The summed E-state index contributed by atoms with van der Waals surface area (Å²) >= 11 is 6.00. The van der Waals surface area contributed by atoms with Gasteiger partial charge in [0, 0.05) is 16.5 Å². The number of nitrogens with one attached hydrogen (secondary N) is 1. The van der Waals surface area contributed by atoms with Gasteiger partial charge in [0.1, 0.15) is 11.5 Å². The second-order valence-corrected chi connectivity index (χ2v) is 6.74. The van der Waals surface area contributed by atoms with E-state index in [-0.39, 0.29) is 11.8 Å². The van der Waals surface area contributed by atoms with Crippen LogP contribution in [0.25, 0.3) is 11.3 Å². The highest BCUT2D eigenvalue weighted by molar-refractivity contribution is 6.30. The standard InChI is InChI=1S/C21H17ClN2O2/c22-16-8-4-7-15(11-16)20-10-9-17(26-20)13-23-24-21(25)19-12-18(19)14-5-2-1-3-6-14/h1-11,13,18-19H,12H2,(H,24,25). The second kappa shape index (κ2) is 7.18. The fourth-order valence-corrected chi connectivity index (χ4v) is 3.21. The Kier molecular flexibility index (Phi) is 4.59. The molecule has 5 heteroatoms. The molecular weight excluding hydrogens is 348 g/mol. The number of hydrogen-bond acceptors (Lipinski definition) is 3. The first kappa shape index (κ1) is 16.6. The molecule has 1 N–H and O–H groups in total. The quantitative estimate of drug-likeness (QED) is 0.519. The highest BCUT2D eigenvalue weighted by atomic mass is 35.5. The average molecular weight is 365 g/mol. The van der Waals surface area contributed by atoms with Crippen LogP contribution in [0.4, 0.5) is 0 Å². The van der Waals surface area contributed by atoms with Gasteiger partial charge in [-0.05, 0) is 42.2 Å². The summed E-state index contributed by atoms with van der Waals surface area (Å²) in [6.45, 7) is 0. The van der Waals surface area contributed by atoms with E-state index in [1.807, 2.05) is 48.5 Å². The Hall–Kier alpha value is -2.85. The van der Waals surface area contributed by atoms with Crippen molar-refractivity contribution in [1.82, 2.24) is 5.43 Å². The molecule has 130 valence electrons. The van der Waals surface area contributed by atoms with Crippen molar-refractivity contribution in [1.29, 1.82) is 0 Å². The monoisotopic (exact) mass is 364 g/mol. The largest absolute Gasteiger partial charge is 0.455 e. The number of hydrogen-bond donors (Lipinski definition) is 1. The number of hydrazone groups is 1. The van der Waals surface area contributed by atoms with Crippen LogP contribution in [0.2, 0.25) is 5.02 Å². The van der Waals surface area contributed by atoms with Crippen molar-refractivity contribution >= 4 is 23.7 Å². The Balaban J connectivity index is 1.34. The van der Waals surface area contributed by atoms with Gasteiger partial charge in [0.15, 0.2) is 0 Å². The maximum atomic E-state index is 12.2. The minimum atomic E-state index is -0.0586. The highest BCUT2D eigenvalue weighted by Gasteiger charge is 2.43. The molecule has 2 aromatic carbocycles. The summed E-state index contributed by atoms with van der Waals surface area (Å²) in [5.74, 6) is 1.50. The molecule has 1 aliphatic rings. The number of benzene rings is 2. The maximum Gasteiger partial charge on any atom is 0.243 e. The third kappa shape index (κ3) is 3.70.